The Morgan fingerprint density at radius 1 is 1.22 bits per heavy atom. The van der Waals surface area contributed by atoms with Gasteiger partial charge in [0.1, 0.15) is 11.6 Å². The van der Waals surface area contributed by atoms with E-state index < -0.39 is 11.9 Å². The third kappa shape index (κ3) is 5.44. The molecule has 1 amide bonds. The number of benzene rings is 2. The second-order valence-electron chi connectivity index (χ2n) is 5.99. The SMILES string of the molecule is CCc1ccc(C(C)N/C=C(/C#N)C(=O)Nc2cccc(C(=O)O)c2)cc1. The third-order valence-electron chi connectivity index (χ3n) is 4.10. The average molecular weight is 363 g/mol. The number of nitrogens with one attached hydrogen (secondary N) is 2. The number of carboxylic acid groups (broad SMARTS) is 1. The molecule has 0 radical (unpaired) electrons. The number of carboxylic acids is 1. The van der Waals surface area contributed by atoms with Crippen LogP contribution in [-0.2, 0) is 11.2 Å². The van der Waals surface area contributed by atoms with E-state index in [9.17, 15) is 14.9 Å². The Balaban J connectivity index is 2.06. The average Bonchev–Trinajstić information content (AvgIpc) is 2.68. The third-order valence-corrected chi connectivity index (χ3v) is 4.10. The minimum Gasteiger partial charge on any atom is -0.478 e. The molecule has 0 aliphatic carbocycles. The van der Waals surface area contributed by atoms with Crippen molar-refractivity contribution in [3.63, 3.8) is 0 Å². The van der Waals surface area contributed by atoms with E-state index in [1.807, 2.05) is 37.3 Å². The summed E-state index contributed by atoms with van der Waals surface area (Å²) in [6, 6.07) is 15.7. The molecular formula is C21H21N3O3. The van der Waals surface area contributed by atoms with Crippen LogP contribution in [0, 0.1) is 11.3 Å². The zero-order chi connectivity index (χ0) is 19.8. The fraction of sp³-hybridized carbons (Fsp3) is 0.190. The number of carbonyl (C=O) groups is 2. The minimum absolute atomic E-state index is 0.0533. The number of hydrogen-bond acceptors (Lipinski definition) is 4. The first kappa shape index (κ1) is 19.7. The van der Waals surface area contributed by atoms with Crippen LogP contribution < -0.4 is 10.6 Å². The van der Waals surface area contributed by atoms with Gasteiger partial charge in [0.2, 0.25) is 0 Å². The van der Waals surface area contributed by atoms with E-state index in [1.54, 1.807) is 6.07 Å². The van der Waals surface area contributed by atoms with Crippen LogP contribution in [0.4, 0.5) is 5.69 Å². The number of nitrogens with zero attached hydrogens (tertiary/aromatic N) is 1. The Labute approximate surface area is 158 Å². The van der Waals surface area contributed by atoms with Crippen molar-refractivity contribution in [2.75, 3.05) is 5.32 Å². The molecule has 2 rings (SSSR count). The first-order valence-electron chi connectivity index (χ1n) is 8.54. The molecule has 0 heterocycles. The van der Waals surface area contributed by atoms with Gasteiger partial charge in [0.25, 0.3) is 5.91 Å². The summed E-state index contributed by atoms with van der Waals surface area (Å²) in [6.07, 6.45) is 2.33. The summed E-state index contributed by atoms with van der Waals surface area (Å²) in [6.45, 7) is 4.02. The van der Waals surface area contributed by atoms with Crippen molar-refractivity contribution in [1.29, 1.82) is 5.26 Å². The van der Waals surface area contributed by atoms with Gasteiger partial charge in [0, 0.05) is 17.9 Å². The molecule has 0 spiro atoms. The number of rotatable bonds is 7. The highest BCUT2D eigenvalue weighted by Gasteiger charge is 2.12. The van der Waals surface area contributed by atoms with Gasteiger partial charge < -0.3 is 15.7 Å². The molecule has 2 aromatic rings. The largest absolute Gasteiger partial charge is 0.478 e. The van der Waals surface area contributed by atoms with Crippen molar-refractivity contribution < 1.29 is 14.7 Å². The quantitative estimate of drug-likeness (QED) is 0.515. The maximum atomic E-state index is 12.3. The van der Waals surface area contributed by atoms with Crippen molar-refractivity contribution in [2.24, 2.45) is 0 Å². The molecule has 6 heteroatoms. The van der Waals surface area contributed by atoms with Crippen molar-refractivity contribution in [1.82, 2.24) is 5.32 Å². The Bertz CT molecular complexity index is 896. The summed E-state index contributed by atoms with van der Waals surface area (Å²) in [5.41, 5.74) is 2.53. The summed E-state index contributed by atoms with van der Waals surface area (Å²) in [5, 5.41) is 23.8. The lowest BCUT2D eigenvalue weighted by atomic mass is 10.1. The van der Waals surface area contributed by atoms with Gasteiger partial charge in [-0.15, -0.1) is 0 Å². The second kappa shape index (κ2) is 9.20. The summed E-state index contributed by atoms with van der Waals surface area (Å²) >= 11 is 0. The zero-order valence-corrected chi connectivity index (χ0v) is 15.2. The standard InChI is InChI=1S/C21H21N3O3/c1-3-15-7-9-16(10-8-15)14(2)23-13-18(12-22)20(25)24-19-6-4-5-17(11-19)21(26)27/h4-11,13-14,23H,3H2,1-2H3,(H,24,25)(H,26,27)/b18-13-. The highest BCUT2D eigenvalue weighted by atomic mass is 16.4. The second-order valence-corrected chi connectivity index (χ2v) is 5.99. The number of carbonyl (C=O) groups excluding carboxylic acids is 1. The Morgan fingerprint density at radius 2 is 1.93 bits per heavy atom. The van der Waals surface area contributed by atoms with E-state index in [0.717, 1.165) is 12.0 Å². The summed E-state index contributed by atoms with van der Waals surface area (Å²) in [7, 11) is 0. The van der Waals surface area contributed by atoms with Crippen LogP contribution in [-0.4, -0.2) is 17.0 Å². The molecule has 0 saturated heterocycles. The van der Waals surface area contributed by atoms with Crippen LogP contribution >= 0.6 is 0 Å². The van der Waals surface area contributed by atoms with Crippen molar-refractivity contribution in [3.8, 4) is 6.07 Å². The monoisotopic (exact) mass is 363 g/mol. The molecule has 2 aromatic carbocycles. The number of amides is 1. The number of aromatic carboxylic acids is 1. The molecule has 138 valence electrons. The van der Waals surface area contributed by atoms with E-state index >= 15 is 0 Å². The summed E-state index contributed by atoms with van der Waals surface area (Å²) < 4.78 is 0. The van der Waals surface area contributed by atoms with Crippen LogP contribution in [0.25, 0.3) is 0 Å². The molecule has 0 bridgehead atoms. The molecule has 3 N–H and O–H groups in total. The molecule has 27 heavy (non-hydrogen) atoms. The van der Waals surface area contributed by atoms with E-state index in [-0.39, 0.29) is 17.2 Å². The number of aryl methyl sites for hydroxylation is 1. The van der Waals surface area contributed by atoms with Crippen molar-refractivity contribution in [3.05, 3.63) is 77.0 Å². The first-order chi connectivity index (χ1) is 12.9. The number of hydrogen-bond donors (Lipinski definition) is 3. The smallest absolute Gasteiger partial charge is 0.335 e. The first-order valence-corrected chi connectivity index (χ1v) is 8.54. The van der Waals surface area contributed by atoms with E-state index in [4.69, 9.17) is 5.11 Å². The van der Waals surface area contributed by atoms with Gasteiger partial charge in [-0.2, -0.15) is 5.26 Å². The highest BCUT2D eigenvalue weighted by molar-refractivity contribution is 6.06. The van der Waals surface area contributed by atoms with Gasteiger partial charge in [-0.25, -0.2) is 4.79 Å². The van der Waals surface area contributed by atoms with Gasteiger partial charge in [0.15, 0.2) is 0 Å². The molecule has 0 aromatic heterocycles. The lowest BCUT2D eigenvalue weighted by molar-refractivity contribution is -0.112. The lowest BCUT2D eigenvalue weighted by Gasteiger charge is -2.13. The molecule has 6 nitrogen and oxygen atoms in total. The van der Waals surface area contributed by atoms with Crippen LogP contribution in [0.5, 0.6) is 0 Å². The van der Waals surface area contributed by atoms with Gasteiger partial charge in [-0.1, -0.05) is 37.3 Å². The maximum Gasteiger partial charge on any atom is 0.335 e. The molecule has 1 atom stereocenters. The van der Waals surface area contributed by atoms with Crippen LogP contribution in [0.1, 0.15) is 41.4 Å². The zero-order valence-electron chi connectivity index (χ0n) is 15.2. The van der Waals surface area contributed by atoms with Gasteiger partial charge in [-0.3, -0.25) is 4.79 Å². The van der Waals surface area contributed by atoms with Crippen LogP contribution in [0.2, 0.25) is 0 Å². The predicted molar refractivity (Wildman–Crippen MR) is 103 cm³/mol. The molecule has 0 aliphatic heterocycles. The minimum atomic E-state index is -1.09. The summed E-state index contributed by atoms with van der Waals surface area (Å²) in [4.78, 5) is 23.3. The maximum absolute atomic E-state index is 12.3. The van der Waals surface area contributed by atoms with Crippen molar-refractivity contribution >= 4 is 17.6 Å². The highest BCUT2D eigenvalue weighted by Crippen LogP contribution is 2.15. The summed E-state index contributed by atoms with van der Waals surface area (Å²) in [5.74, 6) is -1.70. The molecule has 0 saturated carbocycles. The fourth-order valence-electron chi connectivity index (χ4n) is 2.42. The Kier molecular flexibility index (Phi) is 6.73. The molecule has 0 aliphatic rings. The Hall–Kier alpha value is -3.59. The molecule has 0 fully saturated rings. The van der Waals surface area contributed by atoms with Crippen LogP contribution in [0.3, 0.4) is 0 Å². The lowest BCUT2D eigenvalue weighted by Crippen LogP contribution is -2.18. The van der Waals surface area contributed by atoms with Crippen molar-refractivity contribution in [2.45, 2.75) is 26.3 Å². The predicted octanol–water partition coefficient (Wildman–Crippen LogP) is 3.64. The van der Waals surface area contributed by atoms with Gasteiger partial charge in [0.05, 0.1) is 5.56 Å². The molecular weight excluding hydrogens is 342 g/mol. The van der Waals surface area contributed by atoms with Gasteiger partial charge in [-0.05, 0) is 42.7 Å². The van der Waals surface area contributed by atoms with Crippen LogP contribution in [0.15, 0.2) is 60.3 Å². The Morgan fingerprint density at radius 3 is 2.52 bits per heavy atom. The number of nitriles is 1. The van der Waals surface area contributed by atoms with Gasteiger partial charge >= 0.3 is 5.97 Å². The van der Waals surface area contributed by atoms with E-state index in [2.05, 4.69) is 17.6 Å². The molecule has 1 unspecified atom stereocenters. The topological polar surface area (TPSA) is 102 Å². The normalized spacial score (nSPS) is 12.0. The van der Waals surface area contributed by atoms with E-state index in [1.165, 1.54) is 30.0 Å². The number of anilines is 1. The fourth-order valence-corrected chi connectivity index (χ4v) is 2.42. The van der Waals surface area contributed by atoms with E-state index in [0.29, 0.717) is 5.69 Å².